The van der Waals surface area contributed by atoms with Gasteiger partial charge in [-0.2, -0.15) is 0 Å². The summed E-state index contributed by atoms with van der Waals surface area (Å²) in [4.78, 5) is 6.84. The first-order chi connectivity index (χ1) is 10.1. The van der Waals surface area contributed by atoms with Gasteiger partial charge in [-0.15, -0.1) is 0 Å². The quantitative estimate of drug-likeness (QED) is 0.936. The minimum Gasteiger partial charge on any atom is -0.389 e. The van der Waals surface area contributed by atoms with Crippen LogP contribution in [0.1, 0.15) is 36.9 Å². The molecule has 3 rings (SSSR count). The molecule has 0 aliphatic heterocycles. The van der Waals surface area contributed by atoms with E-state index in [2.05, 4.69) is 41.2 Å². The fourth-order valence-corrected chi connectivity index (χ4v) is 3.57. The number of nitrogens with zero attached hydrogens (tertiary/aromatic N) is 2. The third-order valence-electron chi connectivity index (χ3n) is 4.47. The van der Waals surface area contributed by atoms with Gasteiger partial charge in [-0.3, -0.25) is 9.88 Å². The number of likely N-dealkylation sites (N-methyl/N-ethyl adjacent to an activating group) is 1. The number of para-hydroxylation sites is 1. The predicted octanol–water partition coefficient (Wildman–Crippen LogP) is 3.28. The maximum atomic E-state index is 10.6. The third-order valence-corrected chi connectivity index (χ3v) is 4.47. The number of aliphatic hydroxyl groups is 1. The van der Waals surface area contributed by atoms with Crippen LogP contribution in [0.15, 0.2) is 30.3 Å². The van der Waals surface area contributed by atoms with Gasteiger partial charge in [0.1, 0.15) is 0 Å². The minimum atomic E-state index is -0.480. The molecule has 0 radical (unpaired) electrons. The molecule has 1 heterocycles. The first kappa shape index (κ1) is 14.5. The van der Waals surface area contributed by atoms with E-state index in [4.69, 9.17) is 0 Å². The predicted molar refractivity (Wildman–Crippen MR) is 86.2 cm³/mol. The van der Waals surface area contributed by atoms with Crippen LogP contribution >= 0.6 is 0 Å². The van der Waals surface area contributed by atoms with Crippen molar-refractivity contribution < 1.29 is 5.11 Å². The molecule has 0 bridgehead atoms. The number of benzene rings is 1. The molecule has 2 aromatic rings. The molecule has 0 saturated heterocycles. The summed E-state index contributed by atoms with van der Waals surface area (Å²) in [5.41, 5.74) is 2.92. The number of aryl methyl sites for hydroxylation is 1. The highest BCUT2D eigenvalue weighted by atomic mass is 16.3. The van der Waals surface area contributed by atoms with Crippen LogP contribution in [0.4, 0.5) is 0 Å². The average Bonchev–Trinajstić information content (AvgIpc) is 2.84. The second-order valence-electron chi connectivity index (χ2n) is 6.54. The Labute approximate surface area is 126 Å². The molecule has 1 fully saturated rings. The molecule has 112 valence electrons. The molecule has 1 N–H and O–H groups in total. The first-order valence-corrected chi connectivity index (χ1v) is 7.82. The van der Waals surface area contributed by atoms with Gasteiger partial charge in [0.15, 0.2) is 0 Å². The van der Waals surface area contributed by atoms with Crippen LogP contribution < -0.4 is 0 Å². The highest BCUT2D eigenvalue weighted by Gasteiger charge is 2.32. The van der Waals surface area contributed by atoms with Gasteiger partial charge in [0.2, 0.25) is 0 Å². The van der Waals surface area contributed by atoms with Crippen molar-refractivity contribution in [2.24, 2.45) is 0 Å². The number of rotatable bonds is 4. The van der Waals surface area contributed by atoms with Gasteiger partial charge in [0, 0.05) is 24.2 Å². The van der Waals surface area contributed by atoms with Gasteiger partial charge in [-0.1, -0.05) is 31.0 Å². The van der Waals surface area contributed by atoms with Gasteiger partial charge in [-0.05, 0) is 44.5 Å². The Kier molecular flexibility index (Phi) is 3.96. The van der Waals surface area contributed by atoms with Crippen LogP contribution in [-0.2, 0) is 6.54 Å². The van der Waals surface area contributed by atoms with Gasteiger partial charge in [-0.25, -0.2) is 0 Å². The second kappa shape index (κ2) is 5.74. The third kappa shape index (κ3) is 3.25. The van der Waals surface area contributed by atoms with E-state index in [1.165, 1.54) is 10.9 Å². The van der Waals surface area contributed by atoms with Crippen molar-refractivity contribution in [3.63, 3.8) is 0 Å². The summed E-state index contributed by atoms with van der Waals surface area (Å²) >= 11 is 0. The number of hydrogen-bond acceptors (Lipinski definition) is 3. The van der Waals surface area contributed by atoms with Crippen molar-refractivity contribution in [2.75, 3.05) is 13.6 Å². The van der Waals surface area contributed by atoms with E-state index in [0.29, 0.717) is 0 Å². The summed E-state index contributed by atoms with van der Waals surface area (Å²) in [6.45, 7) is 3.65. The Morgan fingerprint density at radius 2 is 1.95 bits per heavy atom. The molecular formula is C18H24N2O. The van der Waals surface area contributed by atoms with Crippen LogP contribution in [0.25, 0.3) is 10.9 Å². The standard InChI is InChI=1S/C18H24N2O/c1-14-11-15(16-7-3-4-8-17(16)19-14)12-20(2)13-18(21)9-5-6-10-18/h3-4,7-8,11,21H,5-6,9-10,12-13H2,1-2H3. The molecule has 1 aromatic carbocycles. The van der Waals surface area contributed by atoms with E-state index in [1.807, 2.05) is 13.0 Å². The summed E-state index contributed by atoms with van der Waals surface area (Å²) in [5.74, 6) is 0. The normalized spacial score (nSPS) is 17.7. The maximum absolute atomic E-state index is 10.6. The van der Waals surface area contributed by atoms with E-state index >= 15 is 0 Å². The molecule has 0 unspecified atom stereocenters. The molecule has 1 aliphatic carbocycles. The van der Waals surface area contributed by atoms with E-state index in [9.17, 15) is 5.11 Å². The van der Waals surface area contributed by atoms with Crippen LogP contribution in [0.2, 0.25) is 0 Å². The summed E-state index contributed by atoms with van der Waals surface area (Å²) in [7, 11) is 2.10. The lowest BCUT2D eigenvalue weighted by atomic mass is 10.0. The molecular weight excluding hydrogens is 260 g/mol. The minimum absolute atomic E-state index is 0.480. The van der Waals surface area contributed by atoms with Crippen molar-refractivity contribution in [1.29, 1.82) is 0 Å². The van der Waals surface area contributed by atoms with Crippen molar-refractivity contribution >= 4 is 10.9 Å². The molecule has 0 spiro atoms. The Bertz CT molecular complexity index is 632. The Morgan fingerprint density at radius 1 is 1.24 bits per heavy atom. The second-order valence-corrected chi connectivity index (χ2v) is 6.54. The lowest BCUT2D eigenvalue weighted by molar-refractivity contribution is 0.0146. The largest absolute Gasteiger partial charge is 0.389 e. The lowest BCUT2D eigenvalue weighted by Gasteiger charge is -2.29. The van der Waals surface area contributed by atoms with E-state index in [-0.39, 0.29) is 0 Å². The smallest absolute Gasteiger partial charge is 0.0774 e. The Morgan fingerprint density at radius 3 is 2.71 bits per heavy atom. The molecule has 1 aromatic heterocycles. The van der Waals surface area contributed by atoms with Crippen LogP contribution in [0.5, 0.6) is 0 Å². The molecule has 21 heavy (non-hydrogen) atoms. The van der Waals surface area contributed by atoms with E-state index < -0.39 is 5.60 Å². The lowest BCUT2D eigenvalue weighted by Crippen LogP contribution is -2.38. The van der Waals surface area contributed by atoms with Gasteiger partial charge in [0.05, 0.1) is 11.1 Å². The molecule has 1 saturated carbocycles. The van der Waals surface area contributed by atoms with Crippen LogP contribution in [0.3, 0.4) is 0 Å². The van der Waals surface area contributed by atoms with Crippen molar-refractivity contribution in [3.05, 3.63) is 41.6 Å². The first-order valence-electron chi connectivity index (χ1n) is 7.82. The van der Waals surface area contributed by atoms with Gasteiger partial charge >= 0.3 is 0 Å². The van der Waals surface area contributed by atoms with Crippen molar-refractivity contribution in [1.82, 2.24) is 9.88 Å². The van der Waals surface area contributed by atoms with E-state index in [1.54, 1.807) is 0 Å². The van der Waals surface area contributed by atoms with Gasteiger partial charge in [0.25, 0.3) is 0 Å². The highest BCUT2D eigenvalue weighted by Crippen LogP contribution is 2.30. The molecule has 3 nitrogen and oxygen atoms in total. The molecule has 3 heteroatoms. The number of aromatic nitrogens is 1. The van der Waals surface area contributed by atoms with Crippen LogP contribution in [-0.4, -0.2) is 34.2 Å². The number of hydrogen-bond donors (Lipinski definition) is 1. The monoisotopic (exact) mass is 284 g/mol. The van der Waals surface area contributed by atoms with Crippen molar-refractivity contribution in [3.8, 4) is 0 Å². The van der Waals surface area contributed by atoms with Crippen LogP contribution in [0, 0.1) is 6.92 Å². The zero-order chi connectivity index (χ0) is 14.9. The summed E-state index contributed by atoms with van der Waals surface area (Å²) in [5, 5.41) is 11.8. The Balaban J connectivity index is 1.81. The maximum Gasteiger partial charge on any atom is 0.0774 e. The molecule has 0 atom stereocenters. The van der Waals surface area contributed by atoms with E-state index in [0.717, 1.165) is 50.0 Å². The molecule has 0 amide bonds. The average molecular weight is 284 g/mol. The van der Waals surface area contributed by atoms with Gasteiger partial charge < -0.3 is 5.11 Å². The SMILES string of the molecule is Cc1cc(CN(C)CC2(O)CCCC2)c2ccccc2n1. The number of fused-ring (bicyclic) bond motifs is 1. The fourth-order valence-electron chi connectivity index (χ4n) is 3.57. The summed E-state index contributed by atoms with van der Waals surface area (Å²) in [6, 6.07) is 10.5. The summed E-state index contributed by atoms with van der Waals surface area (Å²) in [6.07, 6.45) is 4.18. The Hall–Kier alpha value is -1.45. The zero-order valence-electron chi connectivity index (χ0n) is 13.0. The molecule has 1 aliphatic rings. The van der Waals surface area contributed by atoms with Crippen molar-refractivity contribution in [2.45, 2.75) is 44.8 Å². The summed E-state index contributed by atoms with van der Waals surface area (Å²) < 4.78 is 0. The fraction of sp³-hybridized carbons (Fsp3) is 0.500. The topological polar surface area (TPSA) is 36.4 Å². The number of pyridine rings is 1. The zero-order valence-corrected chi connectivity index (χ0v) is 13.0. The highest BCUT2D eigenvalue weighted by molar-refractivity contribution is 5.82.